The first-order chi connectivity index (χ1) is 11.7. The number of ether oxygens (including phenoxy) is 2. The van der Waals surface area contributed by atoms with E-state index in [0.29, 0.717) is 9.28 Å². The third kappa shape index (κ3) is 4.25. The third-order valence-corrected chi connectivity index (χ3v) is 15.1. The first kappa shape index (κ1) is 20.4. The van der Waals surface area contributed by atoms with Crippen molar-refractivity contribution in [2.24, 2.45) is 0 Å². The summed E-state index contributed by atoms with van der Waals surface area (Å²) in [5, 5.41) is 0. The Morgan fingerprint density at radius 1 is 0.880 bits per heavy atom. The van der Waals surface area contributed by atoms with Gasteiger partial charge >= 0.3 is 167 Å². The van der Waals surface area contributed by atoms with E-state index < -0.39 is 28.6 Å². The summed E-state index contributed by atoms with van der Waals surface area (Å²) < 4.78 is 13.0. The molecule has 2 aromatic heterocycles. The molecular formula is C14H12Cl2N2O4S2Sn. The van der Waals surface area contributed by atoms with Gasteiger partial charge in [0.25, 0.3) is 0 Å². The van der Waals surface area contributed by atoms with Crippen molar-refractivity contribution in [2.45, 2.75) is 0 Å². The monoisotopic (exact) mass is 526 g/mol. The number of carbonyl (C=O) groups is 2. The van der Waals surface area contributed by atoms with Crippen LogP contribution in [0, 0.1) is 9.28 Å². The number of nitrogens with zero attached hydrogens (tertiary/aromatic N) is 2. The second-order valence-corrected chi connectivity index (χ2v) is 19.6. The van der Waals surface area contributed by atoms with Crippen LogP contribution in [0.15, 0.2) is 36.7 Å². The van der Waals surface area contributed by atoms with Crippen LogP contribution in [0.3, 0.4) is 0 Å². The SMILES string of the molecule is COC(=O)c1ccc(=S)[n]([Sn]([Cl])([Cl])[n]2cc(C(=O)OC)ccc2=S)c1. The van der Waals surface area contributed by atoms with Crippen molar-refractivity contribution in [3.05, 3.63) is 57.1 Å². The Kier molecular flexibility index (Phi) is 6.66. The Morgan fingerprint density at radius 3 is 1.56 bits per heavy atom. The van der Waals surface area contributed by atoms with Gasteiger partial charge in [-0.1, -0.05) is 0 Å². The summed E-state index contributed by atoms with van der Waals surface area (Å²) in [6.45, 7) is 0. The second-order valence-electron chi connectivity index (χ2n) is 4.74. The average molecular weight is 526 g/mol. The Morgan fingerprint density at radius 2 is 1.24 bits per heavy atom. The first-order valence-corrected chi connectivity index (χ1v) is 17.3. The third-order valence-electron chi connectivity index (χ3n) is 3.24. The number of halogens is 2. The van der Waals surface area contributed by atoms with Crippen LogP contribution in [0.4, 0.5) is 0 Å². The minimum absolute atomic E-state index is 0.245. The number of pyridine rings is 2. The Hall–Kier alpha value is -0.941. The van der Waals surface area contributed by atoms with Crippen LogP contribution in [-0.2, 0) is 9.47 Å². The van der Waals surface area contributed by atoms with Crippen molar-refractivity contribution in [3.8, 4) is 0 Å². The van der Waals surface area contributed by atoms with Gasteiger partial charge in [-0.2, -0.15) is 0 Å². The number of aromatic nitrogens is 2. The number of hydrogen-bond donors (Lipinski definition) is 0. The molecule has 0 saturated carbocycles. The van der Waals surface area contributed by atoms with E-state index in [2.05, 4.69) is 0 Å². The number of rotatable bonds is 4. The summed E-state index contributed by atoms with van der Waals surface area (Å²) in [5.41, 5.74) is 0.489. The number of carbonyl (C=O) groups excluding carboxylic acids is 2. The quantitative estimate of drug-likeness (QED) is 0.345. The molecule has 0 unspecified atom stereocenters. The van der Waals surface area contributed by atoms with Crippen molar-refractivity contribution in [1.29, 1.82) is 0 Å². The van der Waals surface area contributed by atoms with E-state index in [1.54, 1.807) is 0 Å². The molecule has 0 radical (unpaired) electrons. The molecule has 0 aliphatic carbocycles. The maximum absolute atomic E-state index is 11.8. The zero-order valence-electron chi connectivity index (χ0n) is 13.1. The standard InChI is InChI=1S/2C7H7NO2S.2ClH.Sn/c2*1-10-7(9)5-2-3-6(11)8-4-5;;;/h2*2-4H,1H3,(H,8,9,11);2*1H;/q;;;;+4/p-4. The Bertz CT molecular complexity index is 883. The fraction of sp³-hybridized carbons (Fsp3) is 0.143. The maximum atomic E-state index is 11.8. The molecule has 0 aliphatic rings. The molecule has 0 aliphatic heterocycles. The van der Waals surface area contributed by atoms with Crippen molar-refractivity contribution < 1.29 is 19.1 Å². The van der Waals surface area contributed by atoms with Gasteiger partial charge in [-0.3, -0.25) is 0 Å². The Labute approximate surface area is 165 Å². The molecule has 0 bridgehead atoms. The molecule has 6 nitrogen and oxygen atoms in total. The van der Waals surface area contributed by atoms with Gasteiger partial charge in [0.2, 0.25) is 0 Å². The van der Waals surface area contributed by atoms with Gasteiger partial charge in [0.1, 0.15) is 0 Å². The van der Waals surface area contributed by atoms with Crippen LogP contribution >= 0.6 is 42.3 Å². The molecule has 0 atom stereocenters. The molecule has 25 heavy (non-hydrogen) atoms. The van der Waals surface area contributed by atoms with E-state index in [0.717, 1.165) is 0 Å². The predicted molar refractivity (Wildman–Crippen MR) is 101 cm³/mol. The zero-order chi connectivity index (χ0) is 18.8. The minimum atomic E-state index is -4.46. The topological polar surface area (TPSA) is 62.5 Å². The van der Waals surface area contributed by atoms with Crippen LogP contribution < -0.4 is 0 Å². The van der Waals surface area contributed by atoms with Gasteiger partial charge < -0.3 is 0 Å². The molecule has 0 fully saturated rings. The van der Waals surface area contributed by atoms with Crippen LogP contribution in [-0.4, -0.2) is 48.4 Å². The second kappa shape index (κ2) is 8.17. The van der Waals surface area contributed by atoms with Crippen LogP contribution in [0.1, 0.15) is 20.7 Å². The zero-order valence-corrected chi connectivity index (χ0v) is 19.1. The molecule has 0 N–H and O–H groups in total. The van der Waals surface area contributed by atoms with Gasteiger partial charge in [-0.05, 0) is 0 Å². The normalized spacial score (nSPS) is 11.0. The molecule has 2 heterocycles. The van der Waals surface area contributed by atoms with Gasteiger partial charge in [-0.25, -0.2) is 0 Å². The van der Waals surface area contributed by atoms with Crippen LogP contribution in [0.2, 0.25) is 0 Å². The van der Waals surface area contributed by atoms with Crippen molar-refractivity contribution in [3.63, 3.8) is 0 Å². The van der Waals surface area contributed by atoms with Gasteiger partial charge in [0.05, 0.1) is 0 Å². The van der Waals surface area contributed by atoms with Gasteiger partial charge in [0, 0.05) is 0 Å². The van der Waals surface area contributed by atoms with Crippen LogP contribution in [0.25, 0.3) is 0 Å². The van der Waals surface area contributed by atoms with Crippen molar-refractivity contribution in [2.75, 3.05) is 14.2 Å². The summed E-state index contributed by atoms with van der Waals surface area (Å²) >= 11 is 6.12. The number of hydrogen-bond acceptors (Lipinski definition) is 6. The average Bonchev–Trinajstić information content (AvgIpc) is 2.60. The first-order valence-electron chi connectivity index (χ1n) is 6.73. The fourth-order valence-corrected chi connectivity index (χ4v) is 13.4. The molecule has 11 heteroatoms. The summed E-state index contributed by atoms with van der Waals surface area (Å²) in [5.74, 6) is -1.10. The van der Waals surface area contributed by atoms with E-state index in [-0.39, 0.29) is 11.1 Å². The summed E-state index contributed by atoms with van der Waals surface area (Å²) in [6.07, 6.45) is 2.88. The Balaban J connectivity index is 2.67. The molecular weight excluding hydrogens is 514 g/mol. The van der Waals surface area contributed by atoms with E-state index >= 15 is 0 Å². The molecule has 0 saturated heterocycles. The van der Waals surface area contributed by atoms with E-state index in [9.17, 15) is 9.59 Å². The molecule has 0 amide bonds. The van der Waals surface area contributed by atoms with E-state index in [1.807, 2.05) is 0 Å². The molecule has 132 valence electrons. The molecule has 2 rings (SSSR count). The number of esters is 2. The van der Waals surface area contributed by atoms with E-state index in [1.165, 1.54) is 56.5 Å². The predicted octanol–water partition coefficient (Wildman–Crippen LogP) is 3.63. The summed E-state index contributed by atoms with van der Waals surface area (Å²) in [6, 6.07) is 6.10. The molecule has 0 aromatic carbocycles. The molecule has 2 aromatic rings. The van der Waals surface area contributed by atoms with E-state index in [4.69, 9.17) is 51.8 Å². The van der Waals surface area contributed by atoms with Crippen molar-refractivity contribution >= 4 is 70.9 Å². The molecule has 0 spiro atoms. The summed E-state index contributed by atoms with van der Waals surface area (Å²) in [7, 11) is 15.9. The number of methoxy groups -OCH3 is 2. The van der Waals surface area contributed by atoms with Gasteiger partial charge in [-0.15, -0.1) is 0 Å². The van der Waals surface area contributed by atoms with Gasteiger partial charge in [0.15, 0.2) is 0 Å². The fourth-order valence-electron chi connectivity index (χ4n) is 1.99. The summed E-state index contributed by atoms with van der Waals surface area (Å²) in [4.78, 5) is 23.5. The van der Waals surface area contributed by atoms with Crippen LogP contribution in [0.5, 0.6) is 0 Å². The van der Waals surface area contributed by atoms with Crippen molar-refractivity contribution in [1.82, 2.24) is 5.58 Å².